The van der Waals surface area contributed by atoms with Crippen LogP contribution in [-0.2, 0) is 0 Å². The van der Waals surface area contributed by atoms with Gasteiger partial charge >= 0.3 is 11.9 Å². The van der Waals surface area contributed by atoms with Crippen LogP contribution in [0, 0.1) is 0 Å². The molecule has 2 aliphatic rings. The molecule has 2 saturated carbocycles. The molecule has 2 aliphatic carbocycles. The van der Waals surface area contributed by atoms with E-state index in [0.29, 0.717) is 11.6 Å². The summed E-state index contributed by atoms with van der Waals surface area (Å²) < 4.78 is 0. The van der Waals surface area contributed by atoms with Gasteiger partial charge in [-0.15, -0.1) is 0 Å². The summed E-state index contributed by atoms with van der Waals surface area (Å²) in [6.45, 7) is 0. The lowest BCUT2D eigenvalue weighted by Gasteiger charge is -2.02. The van der Waals surface area contributed by atoms with Gasteiger partial charge < -0.3 is 15.2 Å². The van der Waals surface area contributed by atoms with Gasteiger partial charge in [0.15, 0.2) is 16.5 Å². The van der Waals surface area contributed by atoms with Crippen molar-refractivity contribution in [3.63, 3.8) is 0 Å². The highest BCUT2D eigenvalue weighted by Gasteiger charge is 2.30. The second kappa shape index (κ2) is 8.02. The van der Waals surface area contributed by atoms with Gasteiger partial charge in [0.2, 0.25) is 0 Å². The van der Waals surface area contributed by atoms with Crippen molar-refractivity contribution in [2.45, 2.75) is 37.5 Å². The Bertz CT molecular complexity index is 1020. The van der Waals surface area contributed by atoms with E-state index in [1.807, 2.05) is 0 Å². The summed E-state index contributed by atoms with van der Waals surface area (Å²) in [5.41, 5.74) is -1.16. The summed E-state index contributed by atoms with van der Waals surface area (Å²) in [4.78, 5) is 46.7. The Morgan fingerprint density at radius 2 is 1.39 bits per heavy atom. The number of aromatic amines is 1. The Balaban J connectivity index is 0.000000161. The van der Waals surface area contributed by atoms with Crippen molar-refractivity contribution in [2.24, 2.45) is 0 Å². The van der Waals surface area contributed by atoms with Crippen molar-refractivity contribution in [3.8, 4) is 0 Å². The first-order chi connectivity index (χ1) is 13.2. The fraction of sp³-hybridized carbons (Fsp3) is 0.375. The van der Waals surface area contributed by atoms with Crippen LogP contribution in [0.3, 0.4) is 0 Å². The van der Waals surface area contributed by atoms with Gasteiger partial charge in [-0.05, 0) is 25.7 Å². The second-order valence-electron chi connectivity index (χ2n) is 6.31. The third-order valence-corrected chi connectivity index (χ3v) is 5.10. The first-order valence-corrected chi connectivity index (χ1v) is 9.31. The monoisotopic (exact) mass is 446 g/mol. The minimum absolute atomic E-state index is 0.0148. The summed E-state index contributed by atoms with van der Waals surface area (Å²) in [7, 11) is 0. The van der Waals surface area contributed by atoms with E-state index < -0.39 is 17.5 Å². The molecule has 0 aliphatic heterocycles. The molecule has 0 bridgehead atoms. The van der Waals surface area contributed by atoms with Gasteiger partial charge in [-0.3, -0.25) is 4.79 Å². The summed E-state index contributed by atoms with van der Waals surface area (Å²) >= 11 is 16.8. The fourth-order valence-corrected chi connectivity index (χ4v) is 2.78. The van der Waals surface area contributed by atoms with Crippen molar-refractivity contribution in [1.29, 1.82) is 0 Å². The highest BCUT2D eigenvalue weighted by molar-refractivity contribution is 6.42. The van der Waals surface area contributed by atoms with E-state index in [0.717, 1.165) is 25.7 Å². The molecule has 2 aromatic rings. The van der Waals surface area contributed by atoms with E-state index in [2.05, 4.69) is 19.9 Å². The van der Waals surface area contributed by atoms with Gasteiger partial charge in [-0.25, -0.2) is 24.5 Å². The maximum absolute atomic E-state index is 11.2. The van der Waals surface area contributed by atoms with E-state index in [9.17, 15) is 14.4 Å². The Morgan fingerprint density at radius 1 is 0.857 bits per heavy atom. The zero-order valence-electron chi connectivity index (χ0n) is 14.1. The number of aromatic nitrogens is 4. The molecule has 0 aromatic carbocycles. The highest BCUT2D eigenvalue weighted by atomic mass is 35.5. The maximum atomic E-state index is 11.2. The van der Waals surface area contributed by atoms with Crippen LogP contribution < -0.4 is 5.56 Å². The summed E-state index contributed by atoms with van der Waals surface area (Å²) in [6, 6.07) is 0. The molecule has 2 heterocycles. The average molecular weight is 448 g/mol. The molecule has 0 amide bonds. The molecule has 148 valence electrons. The third kappa shape index (κ3) is 4.60. The minimum Gasteiger partial charge on any atom is -0.476 e. The van der Waals surface area contributed by atoms with Crippen molar-refractivity contribution in [1.82, 2.24) is 19.9 Å². The first kappa shape index (κ1) is 20.5. The molecular weight excluding hydrogens is 435 g/mol. The number of aromatic carboxylic acids is 2. The molecule has 0 saturated heterocycles. The Labute approximate surface area is 172 Å². The summed E-state index contributed by atoms with van der Waals surface area (Å²) in [5.74, 6) is -1.10. The SMILES string of the molecule is O=C(O)c1nc(C2CC2)[nH]c(=O)c1Cl.O=C(O)c1nc(C2CC2)nc(Cl)c1Cl. The van der Waals surface area contributed by atoms with Crippen LogP contribution >= 0.6 is 34.8 Å². The maximum Gasteiger partial charge on any atom is 0.356 e. The van der Waals surface area contributed by atoms with Crippen LogP contribution in [0.1, 0.15) is 70.1 Å². The zero-order valence-corrected chi connectivity index (χ0v) is 16.3. The van der Waals surface area contributed by atoms with E-state index in [-0.39, 0.29) is 38.4 Å². The quantitative estimate of drug-likeness (QED) is 0.605. The number of H-pyrrole nitrogens is 1. The smallest absolute Gasteiger partial charge is 0.356 e. The lowest BCUT2D eigenvalue weighted by molar-refractivity contribution is 0.0679. The molecule has 28 heavy (non-hydrogen) atoms. The van der Waals surface area contributed by atoms with Crippen LogP contribution in [0.4, 0.5) is 0 Å². The van der Waals surface area contributed by atoms with Gasteiger partial charge in [0.1, 0.15) is 21.7 Å². The summed E-state index contributed by atoms with van der Waals surface area (Å²) in [5, 5.41) is 17.1. The number of carbonyl (C=O) groups is 2. The molecule has 0 atom stereocenters. The van der Waals surface area contributed by atoms with Crippen LogP contribution in [0.2, 0.25) is 15.2 Å². The second-order valence-corrected chi connectivity index (χ2v) is 7.42. The van der Waals surface area contributed by atoms with E-state index >= 15 is 0 Å². The highest BCUT2D eigenvalue weighted by Crippen LogP contribution is 2.39. The van der Waals surface area contributed by atoms with Crippen molar-refractivity contribution in [3.05, 3.63) is 48.6 Å². The Morgan fingerprint density at radius 3 is 1.89 bits per heavy atom. The van der Waals surface area contributed by atoms with Gasteiger partial charge in [0.25, 0.3) is 5.56 Å². The van der Waals surface area contributed by atoms with Gasteiger partial charge in [0.05, 0.1) is 0 Å². The van der Waals surface area contributed by atoms with Crippen molar-refractivity contribution >= 4 is 46.7 Å². The largest absolute Gasteiger partial charge is 0.476 e. The Kier molecular flexibility index (Phi) is 5.87. The molecule has 4 rings (SSSR count). The number of nitrogens with zero attached hydrogens (tertiary/aromatic N) is 3. The predicted molar refractivity (Wildman–Crippen MR) is 99.8 cm³/mol. The average Bonchev–Trinajstić information content (AvgIpc) is 3.51. The number of rotatable bonds is 4. The molecule has 2 fully saturated rings. The predicted octanol–water partition coefficient (Wildman–Crippen LogP) is 3.36. The van der Waals surface area contributed by atoms with E-state index in [1.165, 1.54) is 0 Å². The number of nitrogens with one attached hydrogen (secondary N) is 1. The number of hydrogen-bond acceptors (Lipinski definition) is 6. The molecule has 12 heteroatoms. The fourth-order valence-electron chi connectivity index (χ4n) is 2.27. The first-order valence-electron chi connectivity index (χ1n) is 8.18. The standard InChI is InChI=1S/C8H6Cl2N2O2.C8H7ClN2O3/c9-4-5(8(13)14)11-7(3-1-2-3)12-6(4)10;9-4-5(8(13)14)10-6(3-1-2-3)11-7(4)12/h3H,1-2H2,(H,13,14);3H,1-2H2,(H,13,14)(H,10,11,12). The van der Waals surface area contributed by atoms with E-state index in [4.69, 9.17) is 45.0 Å². The van der Waals surface area contributed by atoms with Crippen LogP contribution in [-0.4, -0.2) is 42.1 Å². The molecule has 0 unspecified atom stereocenters. The Hall–Kier alpha value is -2.23. The lowest BCUT2D eigenvalue weighted by atomic mass is 10.3. The minimum atomic E-state index is -1.27. The van der Waals surface area contributed by atoms with Crippen LogP contribution in [0.15, 0.2) is 4.79 Å². The molecular formula is C16H13Cl3N4O5. The molecule has 0 spiro atoms. The number of halogens is 3. The van der Waals surface area contributed by atoms with Crippen LogP contribution in [0.25, 0.3) is 0 Å². The van der Waals surface area contributed by atoms with Gasteiger partial charge in [-0.1, -0.05) is 34.8 Å². The normalized spacial score (nSPS) is 15.5. The zero-order chi connectivity index (χ0) is 20.6. The number of hydrogen-bond donors (Lipinski definition) is 3. The topological polar surface area (TPSA) is 146 Å². The number of carboxylic acids is 2. The third-order valence-electron chi connectivity index (χ3n) is 4.02. The van der Waals surface area contributed by atoms with Gasteiger partial charge in [-0.2, -0.15) is 0 Å². The van der Waals surface area contributed by atoms with Crippen molar-refractivity contribution in [2.75, 3.05) is 0 Å². The summed E-state index contributed by atoms with van der Waals surface area (Å²) in [6.07, 6.45) is 3.83. The molecule has 3 N–H and O–H groups in total. The van der Waals surface area contributed by atoms with Crippen molar-refractivity contribution < 1.29 is 19.8 Å². The molecule has 9 nitrogen and oxygen atoms in total. The lowest BCUT2D eigenvalue weighted by Crippen LogP contribution is -2.17. The molecule has 0 radical (unpaired) electrons. The van der Waals surface area contributed by atoms with E-state index in [1.54, 1.807) is 0 Å². The van der Waals surface area contributed by atoms with Gasteiger partial charge in [0, 0.05) is 11.8 Å². The van der Waals surface area contributed by atoms with Crippen LogP contribution in [0.5, 0.6) is 0 Å². The molecule has 2 aromatic heterocycles. The number of carboxylic acid groups (broad SMARTS) is 2.